The van der Waals surface area contributed by atoms with Crippen LogP contribution in [0.2, 0.25) is 0 Å². The number of aliphatic carboxylic acids is 1. The number of carbonyl (C=O) groups is 2. The minimum absolute atomic E-state index is 0.00247. The minimum atomic E-state index is -4.60. The predicted octanol–water partition coefficient (Wildman–Crippen LogP) is 2.35. The first-order chi connectivity index (χ1) is 11.2. The molecule has 2 rings (SSSR count). The highest BCUT2D eigenvalue weighted by Gasteiger charge is 2.52. The van der Waals surface area contributed by atoms with Gasteiger partial charge in [0.05, 0.1) is 11.8 Å². The van der Waals surface area contributed by atoms with Crippen LogP contribution in [0, 0.1) is 17.7 Å². The Morgan fingerprint density at radius 1 is 1.29 bits per heavy atom. The molecular weight excluding hydrogens is 332 g/mol. The van der Waals surface area contributed by atoms with Crippen molar-refractivity contribution in [3.63, 3.8) is 0 Å². The van der Waals surface area contributed by atoms with Crippen molar-refractivity contribution in [2.45, 2.75) is 12.6 Å². The summed E-state index contributed by atoms with van der Waals surface area (Å²) in [5.74, 6) is -5.98. The largest absolute Gasteiger partial charge is 0.481 e. The average molecular weight is 348 g/mol. The number of anilines is 1. The maximum atomic E-state index is 13.0. The molecule has 24 heavy (non-hydrogen) atoms. The molecule has 1 amide bonds. The lowest BCUT2D eigenvalue weighted by Crippen LogP contribution is -2.33. The number of hydrogen-bond acceptors (Lipinski definition) is 3. The van der Waals surface area contributed by atoms with Gasteiger partial charge in [-0.25, -0.2) is 4.39 Å². The number of nitrogens with one attached hydrogen (secondary N) is 1. The molecule has 2 N–H and O–H groups in total. The molecule has 2 atom stereocenters. The maximum Gasteiger partial charge on any atom is 0.393 e. The summed E-state index contributed by atoms with van der Waals surface area (Å²) in [7, 11) is 0. The molecular formula is C15H16F4N2O3. The summed E-state index contributed by atoms with van der Waals surface area (Å²) in [6.07, 6.45) is -4.71. The zero-order valence-electron chi connectivity index (χ0n) is 12.5. The third-order valence-corrected chi connectivity index (χ3v) is 3.90. The number of hydrogen-bond donors (Lipinski definition) is 2. The van der Waals surface area contributed by atoms with E-state index >= 15 is 0 Å². The lowest BCUT2D eigenvalue weighted by molar-refractivity contribution is -0.188. The van der Waals surface area contributed by atoms with E-state index in [1.807, 2.05) is 0 Å². The zero-order chi connectivity index (χ0) is 17.9. The molecule has 1 aliphatic heterocycles. The Morgan fingerprint density at radius 3 is 2.54 bits per heavy atom. The molecule has 132 valence electrons. The molecule has 0 bridgehead atoms. The molecule has 0 unspecified atom stereocenters. The van der Waals surface area contributed by atoms with E-state index in [0.29, 0.717) is 0 Å². The van der Waals surface area contributed by atoms with Crippen molar-refractivity contribution in [1.82, 2.24) is 4.90 Å². The van der Waals surface area contributed by atoms with E-state index in [0.717, 1.165) is 6.07 Å². The van der Waals surface area contributed by atoms with Crippen LogP contribution in [0.4, 0.5) is 23.2 Å². The molecule has 1 aliphatic rings. The van der Waals surface area contributed by atoms with Crippen LogP contribution in [-0.4, -0.2) is 47.7 Å². The molecule has 9 heteroatoms. The van der Waals surface area contributed by atoms with Gasteiger partial charge in [-0.05, 0) is 18.2 Å². The Balaban J connectivity index is 1.88. The van der Waals surface area contributed by atoms with E-state index < -0.39 is 42.3 Å². The maximum absolute atomic E-state index is 13.0. The van der Waals surface area contributed by atoms with E-state index in [1.165, 1.54) is 23.1 Å². The lowest BCUT2D eigenvalue weighted by Gasteiger charge is -2.18. The normalized spacial score (nSPS) is 21.7. The second-order valence-electron chi connectivity index (χ2n) is 5.66. The molecule has 0 saturated carbocycles. The van der Waals surface area contributed by atoms with Crippen LogP contribution in [0.1, 0.15) is 6.42 Å². The summed E-state index contributed by atoms with van der Waals surface area (Å²) in [6.45, 7) is -0.710. The first-order valence-corrected chi connectivity index (χ1v) is 7.24. The number of likely N-dealkylation sites (tertiary alicyclic amines) is 1. The van der Waals surface area contributed by atoms with E-state index in [2.05, 4.69) is 5.32 Å². The van der Waals surface area contributed by atoms with Gasteiger partial charge in [0.2, 0.25) is 5.91 Å². The third kappa shape index (κ3) is 4.67. The van der Waals surface area contributed by atoms with Crippen LogP contribution >= 0.6 is 0 Å². The van der Waals surface area contributed by atoms with Gasteiger partial charge in [0.1, 0.15) is 5.82 Å². The van der Waals surface area contributed by atoms with Gasteiger partial charge < -0.3 is 15.3 Å². The van der Waals surface area contributed by atoms with Gasteiger partial charge in [-0.3, -0.25) is 9.59 Å². The van der Waals surface area contributed by atoms with Crippen LogP contribution in [0.5, 0.6) is 0 Å². The molecule has 1 heterocycles. The summed E-state index contributed by atoms with van der Waals surface area (Å²) in [4.78, 5) is 24.1. The van der Waals surface area contributed by atoms with Crippen LogP contribution in [0.25, 0.3) is 0 Å². The Hall–Kier alpha value is -2.16. The number of alkyl halides is 3. The van der Waals surface area contributed by atoms with Crippen molar-refractivity contribution in [2.24, 2.45) is 11.8 Å². The summed E-state index contributed by atoms with van der Waals surface area (Å²) >= 11 is 0. The van der Waals surface area contributed by atoms with Crippen molar-refractivity contribution in [3.8, 4) is 0 Å². The number of carbonyl (C=O) groups excluding carboxylic acids is 1. The smallest absolute Gasteiger partial charge is 0.393 e. The highest BCUT2D eigenvalue weighted by Crippen LogP contribution is 2.37. The molecule has 1 fully saturated rings. The van der Waals surface area contributed by atoms with Gasteiger partial charge in [0.25, 0.3) is 0 Å². The molecule has 0 aliphatic carbocycles. The molecule has 1 saturated heterocycles. The molecule has 0 radical (unpaired) electrons. The summed E-state index contributed by atoms with van der Waals surface area (Å²) in [5.41, 5.74) is 0.248. The number of halogens is 4. The predicted molar refractivity (Wildman–Crippen MR) is 76.8 cm³/mol. The molecule has 0 aromatic heterocycles. The van der Waals surface area contributed by atoms with E-state index in [9.17, 15) is 27.2 Å². The zero-order valence-corrected chi connectivity index (χ0v) is 12.5. The monoisotopic (exact) mass is 348 g/mol. The van der Waals surface area contributed by atoms with Crippen molar-refractivity contribution in [3.05, 3.63) is 30.1 Å². The highest BCUT2D eigenvalue weighted by atomic mass is 19.4. The second-order valence-corrected chi connectivity index (χ2v) is 5.66. The number of rotatable bonds is 5. The Kier molecular flexibility index (Phi) is 5.43. The van der Waals surface area contributed by atoms with Crippen molar-refractivity contribution < 1.29 is 32.3 Å². The Morgan fingerprint density at radius 2 is 2.00 bits per heavy atom. The molecule has 1 aromatic carbocycles. The Labute approximate surface area is 135 Å². The van der Waals surface area contributed by atoms with Crippen molar-refractivity contribution in [2.75, 3.05) is 25.0 Å². The molecule has 5 nitrogen and oxygen atoms in total. The van der Waals surface area contributed by atoms with E-state index in [4.69, 9.17) is 5.11 Å². The standard InChI is InChI=1S/C15H16F4N2O3/c16-9-2-1-3-10(6-9)20-13(22)4-5-21-7-11(14(23)24)12(8-21)15(17,18)19/h1-3,6,11-12H,4-5,7-8H2,(H,20,22)(H,23,24)/t11-,12-/m1/s1. The number of amides is 1. The summed E-state index contributed by atoms with van der Waals surface area (Å²) in [6, 6.07) is 5.23. The highest BCUT2D eigenvalue weighted by molar-refractivity contribution is 5.90. The van der Waals surface area contributed by atoms with Gasteiger partial charge in [-0.2, -0.15) is 13.2 Å². The van der Waals surface area contributed by atoms with Crippen molar-refractivity contribution in [1.29, 1.82) is 0 Å². The first-order valence-electron chi connectivity index (χ1n) is 7.24. The topological polar surface area (TPSA) is 69.6 Å². The number of carboxylic acids is 1. The minimum Gasteiger partial charge on any atom is -0.481 e. The van der Waals surface area contributed by atoms with E-state index in [-0.39, 0.29) is 25.2 Å². The van der Waals surface area contributed by atoms with Crippen molar-refractivity contribution >= 4 is 17.6 Å². The molecule has 1 aromatic rings. The summed E-state index contributed by atoms with van der Waals surface area (Å²) in [5, 5.41) is 11.4. The number of nitrogens with zero attached hydrogens (tertiary/aromatic N) is 1. The second kappa shape index (κ2) is 7.16. The average Bonchev–Trinajstić information content (AvgIpc) is 2.90. The van der Waals surface area contributed by atoms with Gasteiger partial charge in [0.15, 0.2) is 0 Å². The summed E-state index contributed by atoms with van der Waals surface area (Å²) < 4.78 is 51.6. The van der Waals surface area contributed by atoms with Crippen LogP contribution in [0.15, 0.2) is 24.3 Å². The van der Waals surface area contributed by atoms with Gasteiger partial charge in [0, 0.05) is 31.7 Å². The Bertz CT molecular complexity index is 621. The number of carboxylic acid groups (broad SMARTS) is 1. The molecule has 0 spiro atoms. The van der Waals surface area contributed by atoms with Crippen LogP contribution in [-0.2, 0) is 9.59 Å². The quantitative estimate of drug-likeness (QED) is 0.802. The van der Waals surface area contributed by atoms with Crippen LogP contribution < -0.4 is 5.32 Å². The third-order valence-electron chi connectivity index (χ3n) is 3.90. The SMILES string of the molecule is O=C(CCN1C[C@@H](C(F)(F)F)[C@H](C(=O)O)C1)Nc1cccc(F)c1. The first kappa shape index (κ1) is 18.2. The van der Waals surface area contributed by atoms with Gasteiger partial charge in [-0.1, -0.05) is 6.07 Å². The fourth-order valence-corrected chi connectivity index (χ4v) is 2.70. The van der Waals surface area contributed by atoms with E-state index in [1.54, 1.807) is 0 Å². The fraction of sp³-hybridized carbons (Fsp3) is 0.467. The van der Waals surface area contributed by atoms with Crippen LogP contribution in [0.3, 0.4) is 0 Å². The van der Waals surface area contributed by atoms with Gasteiger partial charge >= 0.3 is 12.1 Å². The fourth-order valence-electron chi connectivity index (χ4n) is 2.70. The number of benzene rings is 1. The lowest BCUT2D eigenvalue weighted by atomic mass is 9.96. The van der Waals surface area contributed by atoms with Gasteiger partial charge in [-0.15, -0.1) is 0 Å².